The number of nitrogens with zero attached hydrogens (tertiary/aromatic N) is 3. The molecule has 3 amide bonds. The molecule has 1 saturated heterocycles. The number of amides is 3. The van der Waals surface area contributed by atoms with Crippen LogP contribution < -0.4 is 10.6 Å². The number of piperidine rings is 1. The van der Waals surface area contributed by atoms with E-state index in [-0.39, 0.29) is 37.4 Å². The number of benzene rings is 1. The molecule has 2 aliphatic rings. The molecule has 0 spiro atoms. The number of primary amides is 1. The van der Waals surface area contributed by atoms with E-state index in [0.29, 0.717) is 49.0 Å². The molecular weight excluding hydrogens is 650 g/mol. The molecule has 1 aromatic carbocycles. The minimum atomic E-state index is -4.84. The number of quaternary nitrogens is 1. The predicted octanol–water partition coefficient (Wildman–Crippen LogP) is 6.78. The van der Waals surface area contributed by atoms with Crippen LogP contribution in [0.15, 0.2) is 48.0 Å². The van der Waals surface area contributed by atoms with E-state index in [1.165, 1.54) is 16.3 Å². The Bertz CT molecular complexity index is 1660. The van der Waals surface area contributed by atoms with Gasteiger partial charge in [0.1, 0.15) is 17.1 Å². The number of carbonyl (C=O) groups excluding carboxylic acids is 3. The van der Waals surface area contributed by atoms with E-state index in [4.69, 9.17) is 10.6 Å². The van der Waals surface area contributed by atoms with Crippen molar-refractivity contribution in [3.8, 4) is 5.75 Å². The lowest BCUT2D eigenvalue weighted by atomic mass is 9.83. The Labute approximate surface area is 270 Å². The summed E-state index contributed by atoms with van der Waals surface area (Å²) in [7, 11) is 0. The number of hydrogen-bond acceptors (Lipinski definition) is 6. The molecule has 2 aliphatic heterocycles. The second kappa shape index (κ2) is 13.3. The maximum absolute atomic E-state index is 14.8. The highest BCUT2D eigenvalue weighted by atomic mass is 32.1. The van der Waals surface area contributed by atoms with Crippen molar-refractivity contribution in [3.05, 3.63) is 80.8 Å². The van der Waals surface area contributed by atoms with Crippen LogP contribution in [-0.4, -0.2) is 51.4 Å². The largest absolute Gasteiger partial charge is 0.425 e. The fourth-order valence-corrected chi connectivity index (χ4v) is 7.13. The molecule has 3 aromatic rings. The molecule has 5 rings (SSSR count). The van der Waals surface area contributed by atoms with Crippen LogP contribution in [0.1, 0.15) is 81.4 Å². The van der Waals surface area contributed by atoms with Crippen LogP contribution in [0.2, 0.25) is 0 Å². The fourth-order valence-electron chi connectivity index (χ4n) is 6.46. The summed E-state index contributed by atoms with van der Waals surface area (Å²) in [4.78, 5) is 50.7. The number of carbonyl (C=O) groups is 3. The zero-order valence-electron chi connectivity index (χ0n) is 25.4. The van der Waals surface area contributed by atoms with E-state index in [2.05, 4.69) is 4.98 Å². The van der Waals surface area contributed by atoms with Gasteiger partial charge in [0.25, 0.3) is 5.91 Å². The Morgan fingerprint density at radius 2 is 1.85 bits per heavy atom. The van der Waals surface area contributed by atoms with Gasteiger partial charge in [-0.3, -0.25) is 14.6 Å². The number of nitrogens with two attached hydrogens (primary N) is 1. The molecule has 0 bridgehead atoms. The van der Waals surface area contributed by atoms with Gasteiger partial charge in [0.2, 0.25) is 11.7 Å². The highest BCUT2D eigenvalue weighted by Crippen LogP contribution is 2.41. The van der Waals surface area contributed by atoms with Crippen LogP contribution in [0, 0.1) is 5.92 Å². The molecule has 3 atom stereocenters. The van der Waals surface area contributed by atoms with Gasteiger partial charge in [-0.05, 0) is 49.1 Å². The van der Waals surface area contributed by atoms with Gasteiger partial charge in [0, 0.05) is 47.8 Å². The van der Waals surface area contributed by atoms with Gasteiger partial charge in [0.15, 0.2) is 6.54 Å². The van der Waals surface area contributed by atoms with Gasteiger partial charge < -0.3 is 15.5 Å². The van der Waals surface area contributed by atoms with Gasteiger partial charge in [-0.1, -0.05) is 30.5 Å². The number of halogens is 6. The van der Waals surface area contributed by atoms with Crippen LogP contribution in [0.25, 0.3) is 0 Å². The van der Waals surface area contributed by atoms with E-state index in [1.807, 2.05) is 6.92 Å². The summed E-state index contributed by atoms with van der Waals surface area (Å²) in [5, 5.41) is 1.17. The van der Waals surface area contributed by atoms with E-state index in [9.17, 15) is 40.7 Å². The Hall–Kier alpha value is -3.98. The molecule has 1 unspecified atom stereocenters. The van der Waals surface area contributed by atoms with Crippen molar-refractivity contribution in [2.24, 2.45) is 11.7 Å². The number of unbranched alkanes of at least 4 members (excludes halogenated alkanes) is 1. The number of likely N-dealkylation sites (tertiary alicyclic amines) is 1. The number of hydrogen-bond donors (Lipinski definition) is 1. The number of pyridine rings is 1. The van der Waals surface area contributed by atoms with Crippen molar-refractivity contribution in [2.45, 2.75) is 70.4 Å². The zero-order chi connectivity index (χ0) is 34.1. The molecule has 0 aliphatic carbocycles. The summed E-state index contributed by atoms with van der Waals surface area (Å²) in [5.74, 6) is -3.14. The molecule has 2 N–H and O–H groups in total. The first-order chi connectivity index (χ1) is 22.1. The normalized spacial score (nSPS) is 21.6. The van der Waals surface area contributed by atoms with E-state index >= 15 is 0 Å². The summed E-state index contributed by atoms with van der Waals surface area (Å²) in [6.07, 6.45) is -6.00. The molecule has 252 valence electrons. The quantitative estimate of drug-likeness (QED) is 0.208. The molecule has 8 nitrogen and oxygen atoms in total. The van der Waals surface area contributed by atoms with Crippen LogP contribution in [0.5, 0.6) is 5.75 Å². The second-order valence-electron chi connectivity index (χ2n) is 11.8. The van der Waals surface area contributed by atoms with Gasteiger partial charge >= 0.3 is 18.3 Å². The van der Waals surface area contributed by atoms with Crippen molar-refractivity contribution in [2.75, 3.05) is 13.1 Å². The molecule has 15 heteroatoms. The lowest BCUT2D eigenvalue weighted by Gasteiger charge is -2.44. The predicted molar refractivity (Wildman–Crippen MR) is 159 cm³/mol. The number of alkyl halides is 6. The summed E-state index contributed by atoms with van der Waals surface area (Å²) in [5.41, 5.74) is 5.11. The third-order valence-corrected chi connectivity index (χ3v) is 9.68. The van der Waals surface area contributed by atoms with Gasteiger partial charge in [-0.25, -0.2) is 4.79 Å². The summed E-state index contributed by atoms with van der Waals surface area (Å²) >= 11 is 0.424. The van der Waals surface area contributed by atoms with E-state index in [0.717, 1.165) is 30.0 Å². The third-order valence-electron chi connectivity index (χ3n) is 8.72. The second-order valence-corrected chi connectivity index (χ2v) is 12.7. The lowest BCUT2D eigenvalue weighted by Crippen LogP contribution is -2.63. The van der Waals surface area contributed by atoms with Crippen LogP contribution in [0.4, 0.5) is 26.3 Å². The lowest BCUT2D eigenvalue weighted by molar-refractivity contribution is -1.03. The smallest absolute Gasteiger partial charge is 0.366 e. The van der Waals surface area contributed by atoms with Crippen LogP contribution >= 0.6 is 11.3 Å². The number of rotatable bonds is 8. The molecular formula is C32H33F6N4O4S+. The molecule has 0 saturated carbocycles. The number of fused-ring (bicyclic) bond motifs is 1. The highest BCUT2D eigenvalue weighted by Gasteiger charge is 2.53. The van der Waals surface area contributed by atoms with Gasteiger partial charge in [-0.15, -0.1) is 11.3 Å². The summed E-state index contributed by atoms with van der Waals surface area (Å²) in [6, 6.07) is 6.63. The topological polar surface area (TPSA) is 103 Å². The Morgan fingerprint density at radius 3 is 2.51 bits per heavy atom. The fraction of sp³-hybridized carbons (Fsp3) is 0.438. The monoisotopic (exact) mass is 683 g/mol. The number of hydroxylamine groups is 3. The highest BCUT2D eigenvalue weighted by molar-refractivity contribution is 7.10. The van der Waals surface area contributed by atoms with Crippen LogP contribution in [-0.2, 0) is 30.1 Å². The van der Waals surface area contributed by atoms with Gasteiger partial charge in [0.05, 0.1) is 11.5 Å². The van der Waals surface area contributed by atoms with Crippen molar-refractivity contribution in [1.82, 2.24) is 9.88 Å². The average Bonchev–Trinajstić information content (AvgIpc) is 3.51. The Balaban J connectivity index is 1.54. The molecule has 0 radical (unpaired) electrons. The number of aromatic nitrogens is 1. The van der Waals surface area contributed by atoms with Crippen LogP contribution in [0.3, 0.4) is 0 Å². The third kappa shape index (κ3) is 7.15. The Kier molecular flexibility index (Phi) is 9.69. The first kappa shape index (κ1) is 34.4. The Morgan fingerprint density at radius 1 is 1.09 bits per heavy atom. The minimum absolute atomic E-state index is 0.00530. The summed E-state index contributed by atoms with van der Waals surface area (Å²) in [6.45, 7) is 1.91. The standard InChI is InChI=1S/C32H32F6N4O4S/c1-2-3-8-25-23(6-5-13-41(25)29(44)27-24(31(33,34)35)7-4-12-40-27)30(45)42(46-22-16-26(47-18-22)32(36,37)38)14-11-19-15-20(28(39)43)9-10-21(19)17-42/h4,7,9-10,12,15-16,18,23,25H,2-3,5-6,8,11,13-14,17H2,1H3,(H-,39,43)/p+1/t23-,25-,42?/m1/s1. The van der Waals surface area contributed by atoms with Crippen molar-refractivity contribution < 1.29 is 50.2 Å². The van der Waals surface area contributed by atoms with Crippen molar-refractivity contribution in [1.29, 1.82) is 0 Å². The first-order valence-corrected chi connectivity index (χ1v) is 16.0. The minimum Gasteiger partial charge on any atom is -0.366 e. The maximum atomic E-state index is 14.8. The molecule has 4 heterocycles. The summed E-state index contributed by atoms with van der Waals surface area (Å²) < 4.78 is 81.3. The van der Waals surface area contributed by atoms with Crippen molar-refractivity contribution >= 4 is 29.1 Å². The van der Waals surface area contributed by atoms with Gasteiger partial charge in [-0.2, -0.15) is 26.3 Å². The maximum Gasteiger partial charge on any atom is 0.425 e. The van der Waals surface area contributed by atoms with E-state index < -0.39 is 62.8 Å². The molecule has 2 aromatic heterocycles. The number of thiophene rings is 1. The van der Waals surface area contributed by atoms with E-state index in [1.54, 1.807) is 12.1 Å². The van der Waals surface area contributed by atoms with Crippen molar-refractivity contribution in [3.63, 3.8) is 0 Å². The zero-order valence-corrected chi connectivity index (χ0v) is 26.2. The molecule has 1 fully saturated rings. The first-order valence-electron chi connectivity index (χ1n) is 15.2. The molecule has 47 heavy (non-hydrogen) atoms. The average molecular weight is 684 g/mol. The SMILES string of the molecule is CCCC[C@@H]1[C@H](C(=O)[N+]2(Oc3csc(C(F)(F)F)c3)CCc3cc(C(N)=O)ccc3C2)CCCN1C(=O)c1ncccc1C(F)(F)F.